The van der Waals surface area contributed by atoms with Crippen molar-refractivity contribution in [3.63, 3.8) is 0 Å². The maximum Gasteiger partial charge on any atom is 0.263 e. The lowest BCUT2D eigenvalue weighted by Crippen LogP contribution is -2.35. The Morgan fingerprint density at radius 1 is 1.20 bits per heavy atom. The number of aromatic nitrogens is 1. The van der Waals surface area contributed by atoms with E-state index in [1.165, 1.54) is 0 Å². The molecule has 4 nitrogen and oxygen atoms in total. The summed E-state index contributed by atoms with van der Waals surface area (Å²) in [7, 11) is 0. The van der Waals surface area contributed by atoms with Gasteiger partial charge in [-0.25, -0.2) is 4.98 Å². The van der Waals surface area contributed by atoms with Crippen LogP contribution in [0, 0.1) is 0 Å². The van der Waals surface area contributed by atoms with Crippen LogP contribution in [0.2, 0.25) is 0 Å². The minimum absolute atomic E-state index is 0.0540. The molecule has 0 radical (unpaired) electrons. The van der Waals surface area contributed by atoms with Gasteiger partial charge in [0.25, 0.3) is 5.89 Å². The summed E-state index contributed by atoms with van der Waals surface area (Å²) in [4.78, 5) is 4.46. The number of fused-ring (bicyclic) bond motifs is 1. The molecule has 0 aliphatic rings. The maximum atomic E-state index is 5.74. The summed E-state index contributed by atoms with van der Waals surface area (Å²) in [5.74, 6) is 1.18. The normalized spacial score (nSPS) is 12.2. The Kier molecular flexibility index (Phi) is 3.10. The summed E-state index contributed by atoms with van der Waals surface area (Å²) in [6, 6.07) is 9.82. The fourth-order valence-electron chi connectivity index (χ4n) is 1.94. The van der Waals surface area contributed by atoms with Gasteiger partial charge < -0.3 is 14.2 Å². The van der Waals surface area contributed by atoms with Crippen molar-refractivity contribution in [1.29, 1.82) is 0 Å². The first-order valence-corrected chi connectivity index (χ1v) is 6.70. The van der Waals surface area contributed by atoms with Crippen LogP contribution >= 0.6 is 0 Å². The lowest BCUT2D eigenvalue weighted by Gasteiger charge is -2.19. The van der Waals surface area contributed by atoms with Crippen LogP contribution in [0.3, 0.4) is 0 Å². The number of oxazole rings is 1. The molecular formula is C16H18N2O2. The van der Waals surface area contributed by atoms with Gasteiger partial charge in [-0.2, -0.15) is 0 Å². The number of rotatable bonds is 3. The van der Waals surface area contributed by atoms with Crippen molar-refractivity contribution in [3.8, 4) is 11.7 Å². The van der Waals surface area contributed by atoms with Crippen LogP contribution in [0.5, 0.6) is 0 Å². The Morgan fingerprint density at radius 2 is 2.00 bits per heavy atom. The first kappa shape index (κ1) is 12.9. The molecule has 3 rings (SSSR count). The molecule has 1 N–H and O–H groups in total. The summed E-state index contributed by atoms with van der Waals surface area (Å²) in [5.41, 5.74) is 1.77. The molecule has 0 aliphatic carbocycles. The lowest BCUT2D eigenvalue weighted by molar-refractivity contribution is 0.421. The first-order valence-electron chi connectivity index (χ1n) is 6.70. The first-order chi connectivity index (χ1) is 9.51. The summed E-state index contributed by atoms with van der Waals surface area (Å²) in [6.45, 7) is 7.03. The number of benzene rings is 1. The quantitative estimate of drug-likeness (QED) is 0.782. The van der Waals surface area contributed by atoms with Gasteiger partial charge in [0.05, 0.1) is 5.69 Å². The lowest BCUT2D eigenvalue weighted by atomic mass is 10.1. The van der Waals surface area contributed by atoms with Crippen LogP contribution in [-0.2, 0) is 6.54 Å². The SMILES string of the molecule is CC(C)(C)NCc1coc(-c2cc3ccccc3o2)n1. The average Bonchev–Trinajstić information content (AvgIpc) is 3.01. The highest BCUT2D eigenvalue weighted by atomic mass is 16.4. The van der Waals surface area contributed by atoms with Crippen LogP contribution in [-0.4, -0.2) is 10.5 Å². The molecule has 20 heavy (non-hydrogen) atoms. The van der Waals surface area contributed by atoms with Gasteiger partial charge in [-0.3, -0.25) is 0 Å². The molecule has 0 spiro atoms. The number of para-hydroxylation sites is 1. The van der Waals surface area contributed by atoms with E-state index < -0.39 is 0 Å². The van der Waals surface area contributed by atoms with Crippen LogP contribution in [0.1, 0.15) is 26.5 Å². The molecule has 0 bridgehead atoms. The second kappa shape index (κ2) is 4.80. The highest BCUT2D eigenvalue weighted by Crippen LogP contribution is 2.27. The van der Waals surface area contributed by atoms with E-state index in [1.807, 2.05) is 30.3 Å². The number of hydrogen-bond acceptors (Lipinski definition) is 4. The topological polar surface area (TPSA) is 51.2 Å². The maximum absolute atomic E-state index is 5.74. The zero-order chi connectivity index (χ0) is 14.2. The van der Waals surface area contributed by atoms with Crippen molar-refractivity contribution in [2.45, 2.75) is 32.9 Å². The minimum atomic E-state index is 0.0540. The molecule has 0 saturated carbocycles. The zero-order valence-corrected chi connectivity index (χ0v) is 11.9. The van der Waals surface area contributed by atoms with Crippen LogP contribution in [0.15, 0.2) is 45.4 Å². The number of hydrogen-bond donors (Lipinski definition) is 1. The fraction of sp³-hybridized carbons (Fsp3) is 0.312. The number of nitrogens with zero attached hydrogens (tertiary/aromatic N) is 1. The summed E-state index contributed by atoms with van der Waals surface area (Å²) >= 11 is 0. The van der Waals surface area contributed by atoms with Gasteiger partial charge in [0.2, 0.25) is 0 Å². The van der Waals surface area contributed by atoms with E-state index in [0.29, 0.717) is 18.2 Å². The van der Waals surface area contributed by atoms with E-state index in [-0.39, 0.29) is 5.54 Å². The smallest absolute Gasteiger partial charge is 0.263 e. The van der Waals surface area contributed by atoms with Gasteiger partial charge in [0, 0.05) is 17.5 Å². The number of nitrogens with one attached hydrogen (secondary N) is 1. The van der Waals surface area contributed by atoms with Gasteiger partial charge in [-0.05, 0) is 32.9 Å². The van der Waals surface area contributed by atoms with E-state index in [1.54, 1.807) is 6.26 Å². The van der Waals surface area contributed by atoms with Gasteiger partial charge in [0.1, 0.15) is 11.8 Å². The Bertz CT molecular complexity index is 686. The Hall–Kier alpha value is -2.07. The second-order valence-electron chi connectivity index (χ2n) is 5.90. The largest absolute Gasteiger partial charge is 0.451 e. The summed E-state index contributed by atoms with van der Waals surface area (Å²) in [6.07, 6.45) is 1.67. The van der Waals surface area contributed by atoms with E-state index in [0.717, 1.165) is 16.7 Å². The molecule has 0 aliphatic heterocycles. The third-order valence-electron chi connectivity index (χ3n) is 2.99. The molecule has 2 aromatic heterocycles. The molecular weight excluding hydrogens is 252 g/mol. The summed E-state index contributed by atoms with van der Waals surface area (Å²) < 4.78 is 11.2. The van der Waals surface area contributed by atoms with E-state index in [4.69, 9.17) is 8.83 Å². The predicted octanol–water partition coefficient (Wildman–Crippen LogP) is 3.98. The van der Waals surface area contributed by atoms with Crippen molar-refractivity contribution >= 4 is 11.0 Å². The standard InChI is InChI=1S/C16H18N2O2/c1-16(2,3)17-9-12-10-19-15(18-12)14-8-11-6-4-5-7-13(11)20-14/h4-8,10,17H,9H2,1-3H3. The van der Waals surface area contributed by atoms with Crippen molar-refractivity contribution in [3.05, 3.63) is 42.3 Å². The molecule has 0 unspecified atom stereocenters. The van der Waals surface area contributed by atoms with Crippen molar-refractivity contribution < 1.29 is 8.83 Å². The van der Waals surface area contributed by atoms with Crippen LogP contribution in [0.25, 0.3) is 22.6 Å². The molecule has 0 saturated heterocycles. The summed E-state index contributed by atoms with van der Waals surface area (Å²) in [5, 5.41) is 4.43. The highest BCUT2D eigenvalue weighted by molar-refractivity contribution is 5.81. The minimum Gasteiger partial charge on any atom is -0.451 e. The monoisotopic (exact) mass is 270 g/mol. The average molecular weight is 270 g/mol. The van der Waals surface area contributed by atoms with E-state index in [2.05, 4.69) is 31.1 Å². The molecule has 104 valence electrons. The van der Waals surface area contributed by atoms with E-state index >= 15 is 0 Å². The molecule has 0 fully saturated rings. The third kappa shape index (κ3) is 2.75. The van der Waals surface area contributed by atoms with Crippen LogP contribution in [0.4, 0.5) is 0 Å². The van der Waals surface area contributed by atoms with Crippen molar-refractivity contribution in [1.82, 2.24) is 10.3 Å². The predicted molar refractivity (Wildman–Crippen MR) is 78.3 cm³/mol. The van der Waals surface area contributed by atoms with Gasteiger partial charge >= 0.3 is 0 Å². The fourth-order valence-corrected chi connectivity index (χ4v) is 1.94. The molecule has 3 aromatic rings. The van der Waals surface area contributed by atoms with Gasteiger partial charge in [0.15, 0.2) is 5.76 Å². The Balaban J connectivity index is 1.82. The van der Waals surface area contributed by atoms with Gasteiger partial charge in [-0.1, -0.05) is 18.2 Å². The third-order valence-corrected chi connectivity index (χ3v) is 2.99. The van der Waals surface area contributed by atoms with Crippen molar-refractivity contribution in [2.75, 3.05) is 0 Å². The highest BCUT2D eigenvalue weighted by Gasteiger charge is 2.14. The zero-order valence-electron chi connectivity index (χ0n) is 11.9. The molecule has 1 aromatic carbocycles. The molecule has 0 amide bonds. The molecule has 0 atom stereocenters. The van der Waals surface area contributed by atoms with Crippen LogP contribution < -0.4 is 5.32 Å². The molecule has 2 heterocycles. The number of furan rings is 1. The van der Waals surface area contributed by atoms with Gasteiger partial charge in [-0.15, -0.1) is 0 Å². The Labute approximate surface area is 117 Å². The molecule has 4 heteroatoms. The second-order valence-corrected chi connectivity index (χ2v) is 5.90. The Morgan fingerprint density at radius 3 is 2.75 bits per heavy atom. The van der Waals surface area contributed by atoms with E-state index in [9.17, 15) is 0 Å². The van der Waals surface area contributed by atoms with Crippen molar-refractivity contribution in [2.24, 2.45) is 0 Å².